The van der Waals surface area contributed by atoms with Crippen molar-refractivity contribution >= 4 is 23.6 Å². The summed E-state index contributed by atoms with van der Waals surface area (Å²) in [7, 11) is 1.68. The normalized spacial score (nSPS) is 12.1. The molecule has 0 amide bonds. The van der Waals surface area contributed by atoms with Crippen molar-refractivity contribution in [2.24, 2.45) is 0 Å². The van der Waals surface area contributed by atoms with E-state index in [1.54, 1.807) is 7.11 Å². The van der Waals surface area contributed by atoms with Crippen LogP contribution in [0.5, 0.6) is 5.75 Å². The predicted molar refractivity (Wildman–Crippen MR) is 93.8 cm³/mol. The Morgan fingerprint density at radius 1 is 0.957 bits per heavy atom. The molecule has 0 unspecified atom stereocenters. The Bertz CT molecular complexity index is 1050. The highest BCUT2D eigenvalue weighted by atomic mass is 16.5. The van der Waals surface area contributed by atoms with E-state index >= 15 is 0 Å². The van der Waals surface area contributed by atoms with Crippen LogP contribution < -0.4 is 15.4 Å². The fourth-order valence-corrected chi connectivity index (χ4v) is 2.79. The first kappa shape index (κ1) is 13.5. The zero-order chi connectivity index (χ0) is 15.8. The Kier molecular flexibility index (Phi) is 3.08. The van der Waals surface area contributed by atoms with E-state index in [0.717, 1.165) is 39.0 Å². The summed E-state index contributed by atoms with van der Waals surface area (Å²) in [5.74, 6) is 0.805. The molecule has 4 nitrogen and oxygen atoms in total. The monoisotopic (exact) mass is 303 g/mol. The molecule has 0 aliphatic rings. The number of aromatic amines is 3. The lowest BCUT2D eigenvalue weighted by atomic mass is 10.2. The van der Waals surface area contributed by atoms with Crippen LogP contribution in [-0.4, -0.2) is 22.1 Å². The molecule has 0 aliphatic carbocycles. The number of hydrogen-bond acceptors (Lipinski definition) is 1. The summed E-state index contributed by atoms with van der Waals surface area (Å²) in [5, 5.41) is 3.06. The second kappa shape index (κ2) is 5.25. The summed E-state index contributed by atoms with van der Waals surface area (Å²) in [5.41, 5.74) is 4.06. The molecule has 3 heterocycles. The largest absolute Gasteiger partial charge is 0.494 e. The van der Waals surface area contributed by atoms with Crippen LogP contribution in [0.1, 0.15) is 5.69 Å². The van der Waals surface area contributed by atoms with Crippen molar-refractivity contribution in [3.8, 4) is 17.1 Å². The Labute approximate surface area is 133 Å². The van der Waals surface area contributed by atoms with Crippen molar-refractivity contribution in [1.82, 2.24) is 15.0 Å². The second-order valence-corrected chi connectivity index (χ2v) is 5.52. The summed E-state index contributed by atoms with van der Waals surface area (Å²) >= 11 is 0. The number of aromatic nitrogens is 3. The highest BCUT2D eigenvalue weighted by Gasteiger charge is 2.10. The molecule has 0 bridgehead atoms. The summed E-state index contributed by atoms with van der Waals surface area (Å²) in [6, 6.07) is 16.3. The Morgan fingerprint density at radius 3 is 2.52 bits per heavy atom. The SMILES string of the molecule is C=c1ccc(=Cc2[nH]c(-c3cc4ccccc4[nH]3)cc2OC)[nH]1. The number of fused-ring (bicyclic) bond motifs is 1. The van der Waals surface area contributed by atoms with Crippen molar-refractivity contribution in [2.75, 3.05) is 7.11 Å². The molecule has 0 radical (unpaired) electrons. The average molecular weight is 303 g/mol. The third-order valence-corrected chi connectivity index (χ3v) is 3.92. The summed E-state index contributed by atoms with van der Waals surface area (Å²) < 4.78 is 5.49. The lowest BCUT2D eigenvalue weighted by Gasteiger charge is -1.95. The van der Waals surface area contributed by atoms with Gasteiger partial charge in [0, 0.05) is 27.7 Å². The summed E-state index contributed by atoms with van der Waals surface area (Å²) in [6.45, 7) is 3.88. The van der Waals surface area contributed by atoms with Gasteiger partial charge in [0.05, 0.1) is 24.2 Å². The van der Waals surface area contributed by atoms with Gasteiger partial charge in [-0.15, -0.1) is 0 Å². The van der Waals surface area contributed by atoms with Gasteiger partial charge in [-0.05, 0) is 30.3 Å². The van der Waals surface area contributed by atoms with E-state index in [2.05, 4.69) is 39.7 Å². The number of benzene rings is 1. The zero-order valence-corrected chi connectivity index (χ0v) is 12.8. The highest BCUT2D eigenvalue weighted by Crippen LogP contribution is 2.29. The maximum Gasteiger partial charge on any atom is 0.144 e. The first-order chi connectivity index (χ1) is 11.2. The van der Waals surface area contributed by atoms with Gasteiger partial charge in [-0.1, -0.05) is 24.8 Å². The van der Waals surface area contributed by atoms with Crippen molar-refractivity contribution in [3.05, 3.63) is 64.9 Å². The fraction of sp³-hybridized carbons (Fsp3) is 0.0526. The molecule has 0 fully saturated rings. The smallest absolute Gasteiger partial charge is 0.144 e. The van der Waals surface area contributed by atoms with E-state index in [4.69, 9.17) is 4.74 Å². The zero-order valence-electron chi connectivity index (χ0n) is 12.8. The lowest BCUT2D eigenvalue weighted by Crippen LogP contribution is -2.07. The van der Waals surface area contributed by atoms with Crippen LogP contribution in [0, 0.1) is 0 Å². The van der Waals surface area contributed by atoms with Gasteiger partial charge in [0.1, 0.15) is 5.75 Å². The average Bonchev–Trinajstić information content (AvgIpc) is 3.25. The molecule has 4 rings (SSSR count). The van der Waals surface area contributed by atoms with Gasteiger partial charge >= 0.3 is 0 Å². The van der Waals surface area contributed by atoms with E-state index in [1.807, 2.05) is 36.4 Å². The van der Waals surface area contributed by atoms with Gasteiger partial charge in [0.25, 0.3) is 0 Å². The fourth-order valence-electron chi connectivity index (χ4n) is 2.79. The number of H-pyrrole nitrogens is 3. The first-order valence-corrected chi connectivity index (χ1v) is 7.44. The molecule has 3 N–H and O–H groups in total. The molecule has 114 valence electrons. The molecular weight excluding hydrogens is 286 g/mol. The van der Waals surface area contributed by atoms with Crippen LogP contribution >= 0.6 is 0 Å². The summed E-state index contributed by atoms with van der Waals surface area (Å²) in [6.07, 6.45) is 2.01. The minimum Gasteiger partial charge on any atom is -0.494 e. The molecule has 0 atom stereocenters. The third-order valence-electron chi connectivity index (χ3n) is 3.92. The van der Waals surface area contributed by atoms with Gasteiger partial charge in [-0.3, -0.25) is 0 Å². The number of rotatable bonds is 3. The van der Waals surface area contributed by atoms with E-state index in [1.165, 1.54) is 5.39 Å². The lowest BCUT2D eigenvalue weighted by molar-refractivity contribution is 0.414. The highest BCUT2D eigenvalue weighted by molar-refractivity contribution is 5.85. The van der Waals surface area contributed by atoms with E-state index in [9.17, 15) is 0 Å². The van der Waals surface area contributed by atoms with Crippen LogP contribution in [-0.2, 0) is 0 Å². The Morgan fingerprint density at radius 2 is 1.78 bits per heavy atom. The van der Waals surface area contributed by atoms with Gasteiger partial charge in [-0.2, -0.15) is 0 Å². The maximum atomic E-state index is 5.49. The molecule has 0 aliphatic heterocycles. The molecule has 23 heavy (non-hydrogen) atoms. The predicted octanol–water partition coefficient (Wildman–Crippen LogP) is 2.74. The number of nitrogens with one attached hydrogen (secondary N) is 3. The second-order valence-electron chi connectivity index (χ2n) is 5.52. The maximum absolute atomic E-state index is 5.49. The van der Waals surface area contributed by atoms with E-state index in [0.29, 0.717) is 0 Å². The van der Waals surface area contributed by atoms with Crippen LogP contribution in [0.15, 0.2) is 48.5 Å². The van der Waals surface area contributed by atoms with Crippen molar-refractivity contribution in [2.45, 2.75) is 0 Å². The molecule has 0 spiro atoms. The molecular formula is C19H17N3O. The first-order valence-electron chi connectivity index (χ1n) is 7.44. The number of hydrogen-bond donors (Lipinski definition) is 3. The minimum absolute atomic E-state index is 0.805. The van der Waals surface area contributed by atoms with Gasteiger partial charge in [0.2, 0.25) is 0 Å². The Balaban J connectivity index is 1.82. The minimum atomic E-state index is 0.805. The van der Waals surface area contributed by atoms with Gasteiger partial charge < -0.3 is 19.7 Å². The standard InChI is InChI=1S/C19H17N3O/c1-12-7-8-14(20-12)10-18-19(23-2)11-17(22-18)16-9-13-5-3-4-6-15(13)21-16/h3-11,20-22H,1H2,2H3. The Hall–Kier alpha value is -3.14. The van der Waals surface area contributed by atoms with Gasteiger partial charge in [-0.25, -0.2) is 0 Å². The van der Waals surface area contributed by atoms with Crippen molar-refractivity contribution in [3.63, 3.8) is 0 Å². The van der Waals surface area contributed by atoms with Gasteiger partial charge in [0.15, 0.2) is 0 Å². The van der Waals surface area contributed by atoms with Crippen molar-refractivity contribution < 1.29 is 4.74 Å². The van der Waals surface area contributed by atoms with E-state index < -0.39 is 0 Å². The van der Waals surface area contributed by atoms with Crippen LogP contribution in [0.4, 0.5) is 0 Å². The number of ether oxygens (including phenoxy) is 1. The molecule has 1 aromatic carbocycles. The molecule has 0 saturated heterocycles. The topological polar surface area (TPSA) is 56.6 Å². The molecule has 0 saturated carbocycles. The number of methoxy groups -OCH3 is 1. The molecule has 4 aromatic rings. The number of para-hydroxylation sites is 1. The van der Waals surface area contributed by atoms with Crippen LogP contribution in [0.25, 0.3) is 34.9 Å². The van der Waals surface area contributed by atoms with Crippen LogP contribution in [0.2, 0.25) is 0 Å². The van der Waals surface area contributed by atoms with Crippen molar-refractivity contribution in [1.29, 1.82) is 0 Å². The summed E-state index contributed by atoms with van der Waals surface area (Å²) in [4.78, 5) is 10.0. The molecule has 3 aromatic heterocycles. The van der Waals surface area contributed by atoms with Crippen LogP contribution in [0.3, 0.4) is 0 Å². The third kappa shape index (κ3) is 2.44. The molecule has 4 heteroatoms. The quantitative estimate of drug-likeness (QED) is 0.535. The van der Waals surface area contributed by atoms with E-state index in [-0.39, 0.29) is 0 Å².